The van der Waals surface area contributed by atoms with Crippen LogP contribution in [-0.2, 0) is 6.42 Å². The average molecular weight is 385 g/mol. The number of anilines is 1. The largest absolute Gasteiger partial charge is 0.493 e. The molecule has 5 nitrogen and oxygen atoms in total. The molecule has 2 rings (SSSR count). The lowest BCUT2D eigenvalue weighted by atomic mass is 10.1. The van der Waals surface area contributed by atoms with E-state index in [1.807, 2.05) is 25.1 Å². The van der Waals surface area contributed by atoms with Crippen LogP contribution in [0.2, 0.25) is 0 Å². The van der Waals surface area contributed by atoms with Gasteiger partial charge in [-0.15, -0.1) is 0 Å². The molecule has 0 amide bonds. The van der Waals surface area contributed by atoms with Gasteiger partial charge in [-0.1, -0.05) is 6.92 Å². The molecule has 2 N–H and O–H groups in total. The maximum absolute atomic E-state index is 5.95. The summed E-state index contributed by atoms with van der Waals surface area (Å²) in [4.78, 5) is 8.90. The second kappa shape index (κ2) is 6.25. The highest BCUT2D eigenvalue weighted by molar-refractivity contribution is 14.1. The van der Waals surface area contributed by atoms with Gasteiger partial charge in [0.2, 0.25) is 0 Å². The summed E-state index contributed by atoms with van der Waals surface area (Å²) in [6.45, 7) is 2.04. The number of hydrogen-bond acceptors (Lipinski definition) is 5. The van der Waals surface area contributed by atoms with Crippen molar-refractivity contribution in [2.24, 2.45) is 0 Å². The second-order valence-electron chi connectivity index (χ2n) is 4.12. The molecule has 0 spiro atoms. The summed E-state index contributed by atoms with van der Waals surface area (Å²) in [6, 6.07) is 5.57. The maximum Gasteiger partial charge on any atom is 0.161 e. The number of nitrogens with zero attached hydrogens (tertiary/aromatic N) is 2. The van der Waals surface area contributed by atoms with E-state index < -0.39 is 0 Å². The van der Waals surface area contributed by atoms with Crippen molar-refractivity contribution >= 4 is 28.4 Å². The number of nitrogens with two attached hydrogens (primary N) is 1. The molecule has 0 radical (unpaired) electrons. The molecule has 0 saturated carbocycles. The number of hydrogen-bond donors (Lipinski definition) is 1. The highest BCUT2D eigenvalue weighted by Gasteiger charge is 2.12. The molecule has 1 aromatic heterocycles. The van der Waals surface area contributed by atoms with Crippen LogP contribution < -0.4 is 15.2 Å². The first-order valence-corrected chi connectivity index (χ1v) is 7.22. The van der Waals surface area contributed by atoms with Gasteiger partial charge in [-0.25, -0.2) is 9.97 Å². The molecule has 6 heteroatoms. The average Bonchev–Trinajstić information content (AvgIpc) is 2.49. The molecule has 2 aromatic rings. The fourth-order valence-electron chi connectivity index (χ4n) is 1.85. The maximum atomic E-state index is 5.95. The lowest BCUT2D eigenvalue weighted by Crippen LogP contribution is -2.04. The summed E-state index contributed by atoms with van der Waals surface area (Å²) in [5, 5.41) is 0. The van der Waals surface area contributed by atoms with Gasteiger partial charge >= 0.3 is 0 Å². The van der Waals surface area contributed by atoms with E-state index in [0.29, 0.717) is 23.1 Å². The van der Waals surface area contributed by atoms with E-state index in [1.165, 1.54) is 0 Å². The summed E-state index contributed by atoms with van der Waals surface area (Å²) in [5.74, 6) is 2.41. The minimum Gasteiger partial charge on any atom is -0.493 e. The molecule has 1 aromatic carbocycles. The van der Waals surface area contributed by atoms with Crippen LogP contribution in [0, 0.1) is 3.57 Å². The second-order valence-corrected chi connectivity index (χ2v) is 5.20. The number of nitrogen functional groups attached to an aromatic ring is 1. The van der Waals surface area contributed by atoms with E-state index in [2.05, 4.69) is 32.6 Å². The van der Waals surface area contributed by atoms with Crippen LogP contribution in [0.3, 0.4) is 0 Å². The Hall–Kier alpha value is -1.57. The molecular formula is C14H16IN3O2. The Morgan fingerprint density at radius 2 is 1.85 bits per heavy atom. The van der Waals surface area contributed by atoms with Crippen LogP contribution in [0.4, 0.5) is 5.82 Å². The van der Waals surface area contributed by atoms with E-state index in [1.54, 1.807) is 14.2 Å². The van der Waals surface area contributed by atoms with E-state index in [0.717, 1.165) is 21.2 Å². The van der Waals surface area contributed by atoms with Gasteiger partial charge in [0.15, 0.2) is 17.3 Å². The Morgan fingerprint density at radius 1 is 1.15 bits per heavy atom. The Labute approximate surface area is 131 Å². The molecule has 20 heavy (non-hydrogen) atoms. The number of ether oxygens (including phenoxy) is 2. The lowest BCUT2D eigenvalue weighted by molar-refractivity contribution is 0.355. The van der Waals surface area contributed by atoms with E-state index >= 15 is 0 Å². The highest BCUT2D eigenvalue weighted by atomic mass is 127. The predicted molar refractivity (Wildman–Crippen MR) is 87.1 cm³/mol. The van der Waals surface area contributed by atoms with Gasteiger partial charge in [0.05, 0.1) is 23.5 Å². The number of benzene rings is 1. The minimum atomic E-state index is 0.502. The first-order valence-electron chi connectivity index (χ1n) is 6.15. The van der Waals surface area contributed by atoms with Gasteiger partial charge in [0.1, 0.15) is 5.82 Å². The first kappa shape index (κ1) is 14.8. The number of methoxy groups -OCH3 is 2. The molecule has 0 bridgehead atoms. The van der Waals surface area contributed by atoms with Gasteiger partial charge < -0.3 is 15.2 Å². The zero-order valence-electron chi connectivity index (χ0n) is 11.6. The molecule has 0 aliphatic rings. The van der Waals surface area contributed by atoms with Crippen LogP contribution >= 0.6 is 22.6 Å². The zero-order valence-corrected chi connectivity index (χ0v) is 13.8. The van der Waals surface area contributed by atoms with Gasteiger partial charge in [-0.05, 0) is 47.2 Å². The summed E-state index contributed by atoms with van der Waals surface area (Å²) in [5.41, 5.74) is 7.74. The van der Waals surface area contributed by atoms with Gasteiger partial charge in [-0.3, -0.25) is 0 Å². The van der Waals surface area contributed by atoms with Crippen LogP contribution in [0.5, 0.6) is 11.5 Å². The fraction of sp³-hybridized carbons (Fsp3) is 0.286. The highest BCUT2D eigenvalue weighted by Crippen LogP contribution is 2.32. The van der Waals surface area contributed by atoms with Crippen molar-refractivity contribution in [3.63, 3.8) is 0 Å². The molecule has 0 unspecified atom stereocenters. The van der Waals surface area contributed by atoms with Crippen molar-refractivity contribution in [2.45, 2.75) is 13.3 Å². The van der Waals surface area contributed by atoms with Crippen molar-refractivity contribution in [3.05, 3.63) is 27.5 Å². The summed E-state index contributed by atoms with van der Waals surface area (Å²) in [7, 11) is 3.20. The smallest absolute Gasteiger partial charge is 0.161 e. The number of aromatic nitrogens is 2. The predicted octanol–water partition coefficient (Wildman–Crippen LogP) is 2.91. The van der Waals surface area contributed by atoms with Crippen molar-refractivity contribution in [1.82, 2.24) is 9.97 Å². The Kier molecular flexibility index (Phi) is 4.64. The van der Waals surface area contributed by atoms with E-state index in [-0.39, 0.29) is 0 Å². The van der Waals surface area contributed by atoms with Crippen LogP contribution in [0.1, 0.15) is 12.6 Å². The molecule has 0 saturated heterocycles. The first-order chi connectivity index (χ1) is 9.60. The fourth-order valence-corrected chi connectivity index (χ4v) is 2.47. The molecule has 106 valence electrons. The van der Waals surface area contributed by atoms with E-state index in [4.69, 9.17) is 15.2 Å². The van der Waals surface area contributed by atoms with Gasteiger partial charge in [0.25, 0.3) is 0 Å². The summed E-state index contributed by atoms with van der Waals surface area (Å²) in [6.07, 6.45) is 0.811. The van der Waals surface area contributed by atoms with Crippen molar-refractivity contribution < 1.29 is 9.47 Å². The number of rotatable bonds is 4. The SMILES string of the molecule is CCc1nc(-c2ccc(OC)c(OC)c2)nc(N)c1I. The molecule has 0 aliphatic carbocycles. The third-order valence-corrected chi connectivity index (χ3v) is 4.10. The standard InChI is InChI=1S/C14H16IN3O2/c1-4-9-12(15)13(16)18-14(17-9)8-5-6-10(19-2)11(7-8)20-3/h5-7H,4H2,1-3H3,(H2,16,17,18). The van der Waals surface area contributed by atoms with Crippen molar-refractivity contribution in [1.29, 1.82) is 0 Å². The number of halogens is 1. The van der Waals surface area contributed by atoms with E-state index in [9.17, 15) is 0 Å². The van der Waals surface area contributed by atoms with Crippen molar-refractivity contribution in [3.8, 4) is 22.9 Å². The van der Waals surface area contributed by atoms with Gasteiger partial charge in [0, 0.05) is 5.56 Å². The normalized spacial score (nSPS) is 10.4. The minimum absolute atomic E-state index is 0.502. The van der Waals surface area contributed by atoms with Crippen LogP contribution in [-0.4, -0.2) is 24.2 Å². The molecule has 0 aliphatic heterocycles. The molecular weight excluding hydrogens is 369 g/mol. The third-order valence-electron chi connectivity index (χ3n) is 2.92. The third kappa shape index (κ3) is 2.79. The quantitative estimate of drug-likeness (QED) is 0.820. The number of aryl methyl sites for hydroxylation is 1. The van der Waals surface area contributed by atoms with Gasteiger partial charge in [-0.2, -0.15) is 0 Å². The van der Waals surface area contributed by atoms with Crippen LogP contribution in [0.25, 0.3) is 11.4 Å². The molecule has 0 atom stereocenters. The van der Waals surface area contributed by atoms with Crippen LogP contribution in [0.15, 0.2) is 18.2 Å². The lowest BCUT2D eigenvalue weighted by Gasteiger charge is -2.11. The molecule has 1 heterocycles. The zero-order chi connectivity index (χ0) is 14.7. The monoisotopic (exact) mass is 385 g/mol. The Morgan fingerprint density at radius 3 is 2.45 bits per heavy atom. The Balaban J connectivity index is 2.54. The summed E-state index contributed by atoms with van der Waals surface area (Å²) < 4.78 is 11.4. The Bertz CT molecular complexity index is 632. The topological polar surface area (TPSA) is 70.3 Å². The molecule has 0 fully saturated rings. The van der Waals surface area contributed by atoms with Crippen molar-refractivity contribution in [2.75, 3.05) is 20.0 Å². The summed E-state index contributed by atoms with van der Waals surface area (Å²) >= 11 is 2.17.